The molecule has 0 unspecified atom stereocenters. The van der Waals surface area contributed by atoms with Crippen LogP contribution in [0, 0.1) is 0 Å². The summed E-state index contributed by atoms with van der Waals surface area (Å²) in [6, 6.07) is 117. The molecule has 2 aliphatic rings. The Bertz CT molecular complexity index is 5300. The molecule has 15 aromatic rings. The fraction of sp³-hybridized carbons (Fsp3) is 0.148. The molecule has 0 radical (unpaired) electrons. The number of aromatic amines is 2. The van der Waals surface area contributed by atoms with E-state index in [0.29, 0.717) is 0 Å². The van der Waals surface area contributed by atoms with Crippen LogP contribution in [0.2, 0.25) is 0 Å². The zero-order valence-corrected chi connectivity index (χ0v) is 66.2. The maximum Gasteiger partial charge on any atom is 0.0737 e. The maximum absolute atomic E-state index is 6.31. The van der Waals surface area contributed by atoms with Gasteiger partial charge >= 0.3 is 0 Å². The van der Waals surface area contributed by atoms with Gasteiger partial charge in [0, 0.05) is 66.6 Å². The van der Waals surface area contributed by atoms with Crippen molar-refractivity contribution in [3.05, 3.63) is 360 Å². The number of nitrogens with zero attached hydrogens (tertiary/aromatic N) is 2. The highest BCUT2D eigenvalue weighted by molar-refractivity contribution is 6.11. The second kappa shape index (κ2) is 28.9. The average Bonchev–Trinajstić information content (AvgIpc) is 1.68. The van der Waals surface area contributed by atoms with E-state index in [1.54, 1.807) is 0 Å². The van der Waals surface area contributed by atoms with Gasteiger partial charge in [-0.25, -0.2) is 9.97 Å². The molecule has 8 bridgehead atoms. The van der Waals surface area contributed by atoms with Gasteiger partial charge in [-0.15, -0.1) is 0 Å². The number of aromatic nitrogens is 4. The summed E-state index contributed by atoms with van der Waals surface area (Å²) in [5.74, 6) is 0. The summed E-state index contributed by atoms with van der Waals surface area (Å²) in [6.07, 6.45) is 9.15. The lowest BCUT2D eigenvalue weighted by Gasteiger charge is -2.26. The Balaban J connectivity index is 1.15. The first-order valence-electron chi connectivity index (χ1n) is 39.4. The monoisotopic (exact) mass is 1450 g/mol. The highest BCUT2D eigenvalue weighted by atomic mass is 14.8. The number of hydrogen-bond donors (Lipinski definition) is 2. The molecule has 12 aromatic carbocycles. The van der Waals surface area contributed by atoms with E-state index in [4.69, 9.17) is 9.97 Å². The molecule has 2 N–H and O–H groups in total. The summed E-state index contributed by atoms with van der Waals surface area (Å²) in [6.45, 7) is 27.9. The molecule has 4 nitrogen and oxygen atoms in total. The lowest BCUT2D eigenvalue weighted by Crippen LogP contribution is -2.12. The van der Waals surface area contributed by atoms with Gasteiger partial charge in [-0.3, -0.25) is 0 Å². The molecule has 0 saturated heterocycles. The van der Waals surface area contributed by atoms with Crippen molar-refractivity contribution in [1.82, 2.24) is 19.9 Å². The van der Waals surface area contributed by atoms with Gasteiger partial charge in [0.1, 0.15) is 0 Å². The van der Waals surface area contributed by atoms with Crippen molar-refractivity contribution in [1.29, 1.82) is 0 Å². The van der Waals surface area contributed by atoms with E-state index in [2.05, 4.69) is 433 Å². The number of benzene rings is 12. The fourth-order valence-corrected chi connectivity index (χ4v) is 16.4. The Morgan fingerprint density at radius 3 is 0.455 bits per heavy atom. The number of H-pyrrole nitrogens is 2. The van der Waals surface area contributed by atoms with Gasteiger partial charge in [-0.2, -0.15) is 0 Å². The first kappa shape index (κ1) is 72.1. The second-order valence-corrected chi connectivity index (χ2v) is 34.2. The normalized spacial score (nSPS) is 12.4. The van der Waals surface area contributed by atoms with Crippen LogP contribution in [-0.2, 0) is 21.7 Å². The number of rotatable bonds is 12. The predicted octanol–water partition coefficient (Wildman–Crippen LogP) is 29.8. The lowest BCUT2D eigenvalue weighted by molar-refractivity contribution is 0.590. The molecule has 546 valence electrons. The summed E-state index contributed by atoms with van der Waals surface area (Å²) >= 11 is 0. The minimum atomic E-state index is -0.222. The van der Waals surface area contributed by atoms with Crippen LogP contribution < -0.4 is 0 Å². The zero-order chi connectivity index (χ0) is 77.2. The molecule has 5 heterocycles. The van der Waals surface area contributed by atoms with Gasteiger partial charge in [0.15, 0.2) is 0 Å². The van der Waals surface area contributed by atoms with Gasteiger partial charge in [0.05, 0.1) is 22.8 Å². The first-order chi connectivity index (χ1) is 54.1. The summed E-state index contributed by atoms with van der Waals surface area (Å²) < 4.78 is 0. The number of hydrogen-bond acceptors (Lipinski definition) is 2. The third kappa shape index (κ3) is 13.8. The first-order valence-corrected chi connectivity index (χ1v) is 39.4. The van der Waals surface area contributed by atoms with E-state index < -0.39 is 0 Å². The van der Waals surface area contributed by atoms with Crippen molar-refractivity contribution in [2.45, 2.75) is 105 Å². The van der Waals surface area contributed by atoms with E-state index in [1.165, 1.54) is 22.3 Å². The van der Waals surface area contributed by atoms with Crippen molar-refractivity contribution in [3.63, 3.8) is 0 Å². The van der Waals surface area contributed by atoms with Gasteiger partial charge in [-0.1, -0.05) is 326 Å². The Morgan fingerprint density at radius 1 is 0.179 bits per heavy atom. The molecule has 0 amide bonds. The van der Waals surface area contributed by atoms with E-state index in [1.807, 2.05) is 0 Å². The summed E-state index contributed by atoms with van der Waals surface area (Å²) in [5.41, 5.74) is 36.7. The van der Waals surface area contributed by atoms with Gasteiger partial charge in [-0.05, 0) is 230 Å². The molecule has 0 fully saturated rings. The van der Waals surface area contributed by atoms with Crippen LogP contribution in [-0.4, -0.2) is 19.9 Å². The van der Waals surface area contributed by atoms with E-state index in [9.17, 15) is 0 Å². The fourth-order valence-electron chi connectivity index (χ4n) is 16.4. The highest BCUT2D eigenvalue weighted by Gasteiger charge is 2.32. The SMILES string of the molecule is CC(C)(C)c1cc(-c2ccccc2)c(-c2c3nc(c(-c4c(-c5ccccc5)cc(C(C)(C)C)cc4-c4ccccc4)c4ccc([nH]4)c(-c4c(-c5ccccc5)cc(C(C)(C)C)cc4-c4ccccc4)c4nc(c(-c5c(-c6ccccc6)cc(C(C)(C)C)cc5-c5ccccc5)c5ccc2[nH]5)C=C4)C=C3)c(-c2ccccc2)c1. The lowest BCUT2D eigenvalue weighted by atomic mass is 9.79. The topological polar surface area (TPSA) is 57.4 Å². The van der Waals surface area contributed by atoms with E-state index in [0.717, 1.165) is 178 Å². The minimum absolute atomic E-state index is 0.222. The standard InChI is InChI=1S/C108H94N4/c1-105(2,3)77-61-81(69-37-21-13-22-38-69)97(82(62-77)70-39-23-14-24-40-70)101-89-53-55-91(109-89)102(98-83(71-41-25-15-26-42-71)63-78(106(4,5)6)64-84(98)72-43-27-16-28-44-72)93-57-59-95(111-93)104(100-87(75-49-33-19-34-50-75)67-80(108(10,11)12)68-88(100)76-51-35-20-36-52-76)96-60-58-94(112-96)103(92-56-54-90(101)110-92)99-85(73-45-29-17-30-46-73)65-79(107(7,8)9)66-86(99)74-47-31-18-32-48-74/h13-68,109,112H,1-12H3. The van der Waals surface area contributed by atoms with Crippen LogP contribution in [0.3, 0.4) is 0 Å². The zero-order valence-electron chi connectivity index (χ0n) is 66.2. The smallest absolute Gasteiger partial charge is 0.0737 e. The Morgan fingerprint density at radius 2 is 0.321 bits per heavy atom. The number of nitrogens with one attached hydrogen (secondary N) is 2. The molecular weight excluding hydrogens is 1350 g/mol. The largest absolute Gasteiger partial charge is 0.354 e. The molecule has 112 heavy (non-hydrogen) atoms. The summed E-state index contributed by atoms with van der Waals surface area (Å²) in [7, 11) is 0. The predicted molar refractivity (Wildman–Crippen MR) is 479 cm³/mol. The van der Waals surface area contributed by atoms with Crippen LogP contribution in [0.5, 0.6) is 0 Å². The minimum Gasteiger partial charge on any atom is -0.354 e. The Labute approximate surface area is 660 Å². The van der Waals surface area contributed by atoms with Gasteiger partial charge < -0.3 is 9.97 Å². The van der Waals surface area contributed by atoms with E-state index in [-0.39, 0.29) is 21.7 Å². The summed E-state index contributed by atoms with van der Waals surface area (Å²) in [5, 5.41) is 0. The van der Waals surface area contributed by atoms with Crippen molar-refractivity contribution in [2.75, 3.05) is 0 Å². The summed E-state index contributed by atoms with van der Waals surface area (Å²) in [4.78, 5) is 21.4. The molecule has 0 atom stereocenters. The third-order valence-electron chi connectivity index (χ3n) is 22.4. The van der Waals surface area contributed by atoms with Crippen molar-refractivity contribution >= 4 is 46.4 Å². The van der Waals surface area contributed by atoms with Gasteiger partial charge in [0.25, 0.3) is 0 Å². The molecule has 0 spiro atoms. The van der Waals surface area contributed by atoms with Crippen molar-refractivity contribution in [3.8, 4) is 134 Å². The van der Waals surface area contributed by atoms with Crippen molar-refractivity contribution in [2.24, 2.45) is 0 Å². The second-order valence-electron chi connectivity index (χ2n) is 34.2. The molecule has 0 aliphatic carbocycles. The van der Waals surface area contributed by atoms with Crippen LogP contribution >= 0.6 is 0 Å². The van der Waals surface area contributed by atoms with Crippen LogP contribution in [0.15, 0.2) is 315 Å². The molecule has 3 aromatic heterocycles. The van der Waals surface area contributed by atoms with E-state index >= 15 is 0 Å². The molecule has 17 rings (SSSR count). The van der Waals surface area contributed by atoms with Crippen molar-refractivity contribution < 1.29 is 0 Å². The molecule has 0 saturated carbocycles. The number of fused-ring (bicyclic) bond motifs is 8. The van der Waals surface area contributed by atoms with Crippen LogP contribution in [0.4, 0.5) is 0 Å². The average molecular weight is 1450 g/mol. The Kier molecular flexibility index (Phi) is 18.6. The van der Waals surface area contributed by atoms with Crippen LogP contribution in [0.1, 0.15) is 128 Å². The maximum atomic E-state index is 6.31. The molecule has 2 aliphatic heterocycles. The molecule has 4 heteroatoms. The molecular formula is C108H94N4. The quantitative estimate of drug-likeness (QED) is 0.128. The highest BCUT2D eigenvalue weighted by Crippen LogP contribution is 2.54. The van der Waals surface area contributed by atoms with Gasteiger partial charge in [0.2, 0.25) is 0 Å². The Hall–Kier alpha value is -12.8. The van der Waals surface area contributed by atoms with Crippen LogP contribution in [0.25, 0.3) is 180 Å². The third-order valence-corrected chi connectivity index (χ3v) is 22.4.